The van der Waals surface area contributed by atoms with E-state index in [1.54, 1.807) is 17.8 Å². The number of hydrogen-bond acceptors (Lipinski definition) is 5. The zero-order valence-electron chi connectivity index (χ0n) is 22.2. The Balaban J connectivity index is 1.48. The van der Waals surface area contributed by atoms with E-state index >= 15 is 0 Å². The van der Waals surface area contributed by atoms with Crippen LogP contribution in [0.25, 0.3) is 11.1 Å². The largest absolute Gasteiger partial charge is 0.480 e. The highest BCUT2D eigenvalue weighted by atomic mass is 32.2. The summed E-state index contributed by atoms with van der Waals surface area (Å²) < 4.78 is 12.1. The van der Waals surface area contributed by atoms with Crippen LogP contribution in [0.3, 0.4) is 0 Å². The van der Waals surface area contributed by atoms with Crippen molar-refractivity contribution in [2.45, 2.75) is 70.6 Å². The topological polar surface area (TPSA) is 88.8 Å². The number of carbonyl (C=O) groups is 2. The summed E-state index contributed by atoms with van der Waals surface area (Å²) in [5.41, 5.74) is 4.09. The Kier molecular flexibility index (Phi) is 10.1. The van der Waals surface area contributed by atoms with Gasteiger partial charge in [0.25, 0.3) is 5.91 Å². The minimum Gasteiger partial charge on any atom is -0.480 e. The van der Waals surface area contributed by atoms with Gasteiger partial charge in [0.2, 0.25) is 0 Å². The van der Waals surface area contributed by atoms with E-state index in [0.717, 1.165) is 33.8 Å². The standard InChI is InChI=1S/C31H37NO5S/c1-21-8-6-7-11-25(21)27-18-22(12-14-26(27)30(33)32-28(31(34)35)16-17-38-2)19-36-20-24-13-15-29(37-24)23-9-4-3-5-10-23/h6-8,11-15,18,23,28H,3-5,9-10,16-17,19-20H2,1-2H3,(H,32,33)(H,34,35)/t28-/m0/s1. The second kappa shape index (κ2) is 13.7. The van der Waals surface area contributed by atoms with E-state index in [2.05, 4.69) is 11.4 Å². The van der Waals surface area contributed by atoms with Crippen LogP contribution in [0.4, 0.5) is 0 Å². The van der Waals surface area contributed by atoms with Crippen molar-refractivity contribution in [3.8, 4) is 11.1 Å². The molecule has 1 aliphatic carbocycles. The van der Waals surface area contributed by atoms with Crippen LogP contribution < -0.4 is 5.32 Å². The van der Waals surface area contributed by atoms with Crippen LogP contribution in [0, 0.1) is 6.92 Å². The van der Waals surface area contributed by atoms with Crippen molar-refractivity contribution >= 4 is 23.6 Å². The molecule has 2 N–H and O–H groups in total. The lowest BCUT2D eigenvalue weighted by atomic mass is 9.88. The van der Waals surface area contributed by atoms with Crippen molar-refractivity contribution in [3.05, 3.63) is 82.8 Å². The van der Waals surface area contributed by atoms with Gasteiger partial charge < -0.3 is 19.6 Å². The van der Waals surface area contributed by atoms with Crippen LogP contribution in [-0.4, -0.2) is 35.0 Å². The Bertz CT molecular complexity index is 1230. The van der Waals surface area contributed by atoms with Crippen LogP contribution in [0.2, 0.25) is 0 Å². The smallest absolute Gasteiger partial charge is 0.326 e. The van der Waals surface area contributed by atoms with Gasteiger partial charge in [-0.15, -0.1) is 0 Å². The molecule has 1 amide bonds. The van der Waals surface area contributed by atoms with Gasteiger partial charge in [-0.05, 0) is 84.7 Å². The predicted octanol–water partition coefficient (Wildman–Crippen LogP) is 6.96. The molecule has 0 aliphatic heterocycles. The van der Waals surface area contributed by atoms with Crippen LogP contribution in [0.5, 0.6) is 0 Å². The number of carbonyl (C=O) groups excluding carboxylic acids is 1. The molecule has 1 fully saturated rings. The van der Waals surface area contributed by atoms with Crippen molar-refractivity contribution in [1.29, 1.82) is 0 Å². The van der Waals surface area contributed by atoms with Crippen molar-refractivity contribution < 1.29 is 23.8 Å². The Morgan fingerprint density at radius 2 is 1.84 bits per heavy atom. The molecule has 6 nitrogen and oxygen atoms in total. The van der Waals surface area contributed by atoms with E-state index in [1.807, 2.05) is 55.6 Å². The third kappa shape index (κ3) is 7.29. The number of furan rings is 1. The number of hydrogen-bond donors (Lipinski definition) is 2. The van der Waals surface area contributed by atoms with Crippen LogP contribution in [0.1, 0.15) is 77.4 Å². The van der Waals surface area contributed by atoms with Gasteiger partial charge in [-0.25, -0.2) is 4.79 Å². The fourth-order valence-electron chi connectivity index (χ4n) is 5.05. The quantitative estimate of drug-likeness (QED) is 0.261. The molecule has 7 heteroatoms. The first-order valence-corrected chi connectivity index (χ1v) is 14.7. The first-order valence-electron chi connectivity index (χ1n) is 13.3. The van der Waals surface area contributed by atoms with E-state index in [-0.39, 0.29) is 0 Å². The lowest BCUT2D eigenvalue weighted by molar-refractivity contribution is -0.139. The summed E-state index contributed by atoms with van der Waals surface area (Å²) in [7, 11) is 0. The number of benzene rings is 2. The molecule has 3 aromatic rings. The van der Waals surface area contributed by atoms with E-state index in [1.165, 1.54) is 32.1 Å². The Morgan fingerprint density at radius 1 is 1.05 bits per heavy atom. The van der Waals surface area contributed by atoms with Gasteiger partial charge >= 0.3 is 5.97 Å². The van der Waals surface area contributed by atoms with Crippen molar-refractivity contribution in [2.75, 3.05) is 12.0 Å². The molecule has 0 radical (unpaired) electrons. The third-order valence-corrected chi connectivity index (χ3v) is 7.82. The van der Waals surface area contributed by atoms with Crippen molar-refractivity contribution in [1.82, 2.24) is 5.32 Å². The number of rotatable bonds is 12. The average molecular weight is 536 g/mol. The van der Waals surface area contributed by atoms with E-state index in [4.69, 9.17) is 9.15 Å². The molecule has 0 spiro atoms. The summed E-state index contributed by atoms with van der Waals surface area (Å²) in [6.45, 7) is 2.75. The van der Waals surface area contributed by atoms with Gasteiger partial charge in [0.1, 0.15) is 24.2 Å². The molecule has 0 saturated heterocycles. The first-order chi connectivity index (χ1) is 18.5. The lowest BCUT2D eigenvalue weighted by Crippen LogP contribution is -2.41. The van der Waals surface area contributed by atoms with Gasteiger partial charge in [0.05, 0.1) is 6.61 Å². The number of ether oxygens (including phenoxy) is 1. The van der Waals surface area contributed by atoms with Gasteiger partial charge in [-0.2, -0.15) is 11.8 Å². The van der Waals surface area contributed by atoms with E-state index in [9.17, 15) is 14.7 Å². The summed E-state index contributed by atoms with van der Waals surface area (Å²) in [5.74, 6) is 1.64. The molecule has 1 heterocycles. The number of thioether (sulfide) groups is 1. The summed E-state index contributed by atoms with van der Waals surface area (Å²) in [6, 6.07) is 16.6. The Morgan fingerprint density at radius 3 is 2.58 bits per heavy atom. The number of nitrogens with one attached hydrogen (secondary N) is 1. The fraction of sp³-hybridized carbons (Fsp3) is 0.419. The van der Waals surface area contributed by atoms with Crippen molar-refractivity contribution in [3.63, 3.8) is 0 Å². The third-order valence-electron chi connectivity index (χ3n) is 7.18. The Hall–Kier alpha value is -3.03. The molecular formula is C31H37NO5S. The zero-order chi connectivity index (χ0) is 26.9. The van der Waals surface area contributed by atoms with Gasteiger partial charge in [-0.3, -0.25) is 4.79 Å². The van der Waals surface area contributed by atoms with Gasteiger partial charge in [0, 0.05) is 11.5 Å². The second-order valence-electron chi connectivity index (χ2n) is 9.97. The minimum absolute atomic E-state index is 0.364. The molecule has 1 aliphatic rings. The van der Waals surface area contributed by atoms with Crippen LogP contribution in [-0.2, 0) is 22.7 Å². The molecule has 0 unspecified atom stereocenters. The average Bonchev–Trinajstić information content (AvgIpc) is 3.40. The molecule has 1 saturated carbocycles. The van der Waals surface area contributed by atoms with Crippen LogP contribution >= 0.6 is 11.8 Å². The maximum atomic E-state index is 13.2. The molecule has 1 atom stereocenters. The number of carboxylic acid groups (broad SMARTS) is 1. The molecule has 38 heavy (non-hydrogen) atoms. The summed E-state index contributed by atoms with van der Waals surface area (Å²) in [5, 5.41) is 12.3. The summed E-state index contributed by atoms with van der Waals surface area (Å²) >= 11 is 1.55. The maximum Gasteiger partial charge on any atom is 0.326 e. The highest BCUT2D eigenvalue weighted by Crippen LogP contribution is 2.34. The highest BCUT2D eigenvalue weighted by Gasteiger charge is 2.23. The second-order valence-corrected chi connectivity index (χ2v) is 11.0. The normalized spacial score (nSPS) is 14.8. The van der Waals surface area contributed by atoms with Crippen LogP contribution in [0.15, 0.2) is 59.0 Å². The highest BCUT2D eigenvalue weighted by molar-refractivity contribution is 7.98. The molecule has 4 rings (SSSR count). The minimum atomic E-state index is -1.03. The van der Waals surface area contributed by atoms with Gasteiger partial charge in [0.15, 0.2) is 0 Å². The van der Waals surface area contributed by atoms with Gasteiger partial charge in [-0.1, -0.05) is 49.6 Å². The SMILES string of the molecule is CSCC[C@H](NC(=O)c1ccc(COCc2ccc(C3CCCCC3)o2)cc1-c1ccccc1C)C(=O)O. The number of carboxylic acids is 1. The monoisotopic (exact) mass is 535 g/mol. The lowest BCUT2D eigenvalue weighted by Gasteiger charge is -2.19. The number of aliphatic carboxylic acids is 1. The number of amides is 1. The summed E-state index contributed by atoms with van der Waals surface area (Å²) in [4.78, 5) is 25.0. The summed E-state index contributed by atoms with van der Waals surface area (Å²) in [6.07, 6.45) is 8.52. The first kappa shape index (κ1) is 28.0. The van der Waals surface area contributed by atoms with Crippen molar-refractivity contribution in [2.24, 2.45) is 0 Å². The Labute approximate surface area is 229 Å². The van der Waals surface area contributed by atoms with E-state index < -0.39 is 17.9 Å². The fourth-order valence-corrected chi connectivity index (χ4v) is 5.53. The molecule has 1 aromatic heterocycles. The maximum absolute atomic E-state index is 13.2. The molecule has 202 valence electrons. The molecule has 2 aromatic carbocycles. The molecular weight excluding hydrogens is 498 g/mol. The zero-order valence-corrected chi connectivity index (χ0v) is 23.0. The number of aryl methyl sites for hydroxylation is 1. The molecule has 0 bridgehead atoms. The predicted molar refractivity (Wildman–Crippen MR) is 152 cm³/mol. The van der Waals surface area contributed by atoms with E-state index in [0.29, 0.717) is 36.9 Å².